The Morgan fingerprint density at radius 3 is 2.90 bits per heavy atom. The molecule has 108 valence electrons. The number of rotatable bonds is 4. The molecule has 0 radical (unpaired) electrons. The number of nitrogens with zero attached hydrogens (tertiary/aromatic N) is 2. The van der Waals surface area contributed by atoms with Gasteiger partial charge in [0, 0.05) is 11.9 Å². The van der Waals surface area contributed by atoms with Crippen LogP contribution in [-0.4, -0.2) is 23.6 Å². The number of anilines is 1. The lowest BCUT2D eigenvalue weighted by atomic mass is 10.2. The van der Waals surface area contributed by atoms with Gasteiger partial charge in [0.05, 0.1) is 7.11 Å². The quantitative estimate of drug-likeness (QED) is 0.796. The van der Waals surface area contributed by atoms with Gasteiger partial charge in [0.15, 0.2) is 34.4 Å². The normalized spacial score (nSPS) is 10.8. The van der Waals surface area contributed by atoms with Crippen molar-refractivity contribution in [3.8, 4) is 17.2 Å². The smallest absolute Gasteiger partial charge is 0.190 e. The molecule has 0 bridgehead atoms. The molecule has 0 fully saturated rings. The van der Waals surface area contributed by atoms with Crippen molar-refractivity contribution >= 4 is 16.8 Å². The van der Waals surface area contributed by atoms with Gasteiger partial charge in [-0.1, -0.05) is 12.1 Å². The molecule has 0 unspecified atom stereocenters. The van der Waals surface area contributed by atoms with Gasteiger partial charge in [-0.15, -0.1) is 0 Å². The summed E-state index contributed by atoms with van der Waals surface area (Å²) in [5, 5.41) is 3.77. The molecule has 0 spiro atoms. The van der Waals surface area contributed by atoms with Crippen LogP contribution in [0.15, 0.2) is 35.0 Å². The number of halogens is 1. The van der Waals surface area contributed by atoms with E-state index in [2.05, 4.69) is 15.3 Å². The van der Waals surface area contributed by atoms with Crippen molar-refractivity contribution in [2.75, 3.05) is 19.0 Å². The van der Waals surface area contributed by atoms with Gasteiger partial charge < -0.3 is 14.5 Å². The van der Waals surface area contributed by atoms with Crippen molar-refractivity contribution in [2.24, 2.45) is 0 Å². The Kier molecular flexibility index (Phi) is 3.43. The molecule has 0 aliphatic rings. The van der Waals surface area contributed by atoms with E-state index in [1.807, 2.05) is 6.92 Å². The predicted octanol–water partition coefficient (Wildman–Crippen LogP) is 3.47. The molecule has 1 N–H and O–H groups in total. The Morgan fingerprint density at radius 1 is 1.33 bits per heavy atom. The molecule has 6 heteroatoms. The topological polar surface area (TPSA) is 60.2 Å². The fourth-order valence-electron chi connectivity index (χ4n) is 2.18. The van der Waals surface area contributed by atoms with E-state index in [0.29, 0.717) is 35.0 Å². The van der Waals surface area contributed by atoms with Gasteiger partial charge in [-0.3, -0.25) is 0 Å². The third-order valence-electron chi connectivity index (χ3n) is 3.08. The van der Waals surface area contributed by atoms with E-state index >= 15 is 0 Å². The maximum absolute atomic E-state index is 13.7. The third-order valence-corrected chi connectivity index (χ3v) is 3.08. The highest BCUT2D eigenvalue weighted by molar-refractivity contribution is 5.84. The molecule has 1 aromatic carbocycles. The van der Waals surface area contributed by atoms with E-state index < -0.39 is 5.82 Å². The first-order chi connectivity index (χ1) is 10.2. The summed E-state index contributed by atoms with van der Waals surface area (Å²) < 4.78 is 24.7. The van der Waals surface area contributed by atoms with Crippen LogP contribution in [0.4, 0.5) is 10.2 Å². The molecule has 2 heterocycles. The molecule has 0 saturated heterocycles. The van der Waals surface area contributed by atoms with Gasteiger partial charge in [-0.2, -0.15) is 0 Å². The minimum atomic E-state index is -0.404. The zero-order valence-corrected chi connectivity index (χ0v) is 11.7. The van der Waals surface area contributed by atoms with Crippen molar-refractivity contribution in [3.05, 3.63) is 36.4 Å². The highest BCUT2D eigenvalue weighted by atomic mass is 19.1. The van der Waals surface area contributed by atoms with E-state index in [-0.39, 0.29) is 5.58 Å². The van der Waals surface area contributed by atoms with Gasteiger partial charge in [0.25, 0.3) is 0 Å². The van der Waals surface area contributed by atoms with Crippen LogP contribution in [0.1, 0.15) is 6.92 Å². The minimum Gasteiger partial charge on any atom is -0.491 e. The maximum atomic E-state index is 13.7. The molecule has 3 aromatic rings. The Morgan fingerprint density at radius 2 is 2.19 bits per heavy atom. The molecule has 0 aliphatic heterocycles. The predicted molar refractivity (Wildman–Crippen MR) is 77.9 cm³/mol. The number of para-hydroxylation sites is 1. The first-order valence-electron chi connectivity index (χ1n) is 6.56. The first kappa shape index (κ1) is 13.4. The monoisotopic (exact) mass is 287 g/mol. The standard InChI is InChI=1S/C15H14FN3O2/c1-3-17-15-14(20-2)12(18-8-19-15)11-7-9-5-4-6-10(16)13(9)21-11/h4-8H,3H2,1-2H3,(H,17,18,19). The Bertz CT molecular complexity index is 786. The number of hydrogen-bond acceptors (Lipinski definition) is 5. The SMILES string of the molecule is CCNc1ncnc(-c2cc3cccc(F)c3o2)c1OC. The van der Waals surface area contributed by atoms with E-state index in [1.165, 1.54) is 19.5 Å². The molecule has 5 nitrogen and oxygen atoms in total. The van der Waals surface area contributed by atoms with Crippen LogP contribution in [-0.2, 0) is 0 Å². The van der Waals surface area contributed by atoms with Crippen LogP contribution in [0.25, 0.3) is 22.4 Å². The summed E-state index contributed by atoms with van der Waals surface area (Å²) in [6.45, 7) is 2.65. The van der Waals surface area contributed by atoms with Crippen LogP contribution >= 0.6 is 0 Å². The van der Waals surface area contributed by atoms with Gasteiger partial charge >= 0.3 is 0 Å². The third kappa shape index (κ3) is 2.29. The second-order valence-corrected chi connectivity index (χ2v) is 4.40. The summed E-state index contributed by atoms with van der Waals surface area (Å²) >= 11 is 0. The molecule has 0 aliphatic carbocycles. The minimum absolute atomic E-state index is 0.207. The summed E-state index contributed by atoms with van der Waals surface area (Å²) in [6, 6.07) is 6.51. The van der Waals surface area contributed by atoms with Gasteiger partial charge in [0.2, 0.25) is 0 Å². The zero-order chi connectivity index (χ0) is 14.8. The van der Waals surface area contributed by atoms with Gasteiger partial charge in [-0.25, -0.2) is 14.4 Å². The number of methoxy groups -OCH3 is 1. The molecule has 0 saturated carbocycles. The van der Waals surface area contributed by atoms with Crippen molar-refractivity contribution in [2.45, 2.75) is 6.92 Å². The fraction of sp³-hybridized carbons (Fsp3) is 0.200. The summed E-state index contributed by atoms with van der Waals surface area (Å²) in [7, 11) is 1.53. The number of furan rings is 1. The van der Waals surface area contributed by atoms with Crippen LogP contribution < -0.4 is 10.1 Å². The van der Waals surface area contributed by atoms with Crippen molar-refractivity contribution in [1.82, 2.24) is 9.97 Å². The fourth-order valence-corrected chi connectivity index (χ4v) is 2.18. The van der Waals surface area contributed by atoms with Crippen molar-refractivity contribution in [1.29, 1.82) is 0 Å². The van der Waals surface area contributed by atoms with Crippen LogP contribution in [0.5, 0.6) is 5.75 Å². The molecule has 0 atom stereocenters. The summed E-state index contributed by atoms with van der Waals surface area (Å²) in [5.74, 6) is 1.08. The molecule has 3 rings (SSSR count). The zero-order valence-electron chi connectivity index (χ0n) is 11.7. The van der Waals surface area contributed by atoms with E-state index in [1.54, 1.807) is 18.2 Å². The molecular formula is C15H14FN3O2. The lowest BCUT2D eigenvalue weighted by Crippen LogP contribution is -2.04. The second kappa shape index (κ2) is 5.40. The first-order valence-corrected chi connectivity index (χ1v) is 6.56. The molecule has 21 heavy (non-hydrogen) atoms. The average molecular weight is 287 g/mol. The largest absolute Gasteiger partial charge is 0.491 e. The van der Waals surface area contributed by atoms with E-state index in [0.717, 1.165) is 0 Å². The highest BCUT2D eigenvalue weighted by Crippen LogP contribution is 2.36. The molecule has 2 aromatic heterocycles. The molecular weight excluding hydrogens is 273 g/mol. The Hall–Kier alpha value is -2.63. The Balaban J connectivity index is 2.18. The number of nitrogens with one attached hydrogen (secondary N) is 1. The second-order valence-electron chi connectivity index (χ2n) is 4.40. The van der Waals surface area contributed by atoms with Gasteiger partial charge in [0.1, 0.15) is 6.33 Å². The van der Waals surface area contributed by atoms with Crippen molar-refractivity contribution < 1.29 is 13.5 Å². The van der Waals surface area contributed by atoms with Gasteiger partial charge in [-0.05, 0) is 19.1 Å². The molecule has 0 amide bonds. The van der Waals surface area contributed by atoms with Crippen molar-refractivity contribution in [3.63, 3.8) is 0 Å². The lowest BCUT2D eigenvalue weighted by Gasteiger charge is -2.10. The number of aromatic nitrogens is 2. The summed E-state index contributed by atoms with van der Waals surface area (Å²) in [6.07, 6.45) is 1.42. The summed E-state index contributed by atoms with van der Waals surface area (Å²) in [5.41, 5.74) is 0.692. The number of ether oxygens (including phenoxy) is 1. The summed E-state index contributed by atoms with van der Waals surface area (Å²) in [4.78, 5) is 8.33. The number of hydrogen-bond donors (Lipinski definition) is 1. The number of benzene rings is 1. The van der Waals surface area contributed by atoms with E-state index in [4.69, 9.17) is 9.15 Å². The maximum Gasteiger partial charge on any atom is 0.190 e. The van der Waals surface area contributed by atoms with Crippen LogP contribution in [0.2, 0.25) is 0 Å². The highest BCUT2D eigenvalue weighted by Gasteiger charge is 2.18. The lowest BCUT2D eigenvalue weighted by molar-refractivity contribution is 0.413. The van der Waals surface area contributed by atoms with E-state index in [9.17, 15) is 4.39 Å². The average Bonchev–Trinajstić information content (AvgIpc) is 2.93. The van der Waals surface area contributed by atoms with Crippen LogP contribution in [0, 0.1) is 5.82 Å². The number of fused-ring (bicyclic) bond motifs is 1. The Labute approximate surface area is 120 Å². The van der Waals surface area contributed by atoms with Crippen LogP contribution in [0.3, 0.4) is 0 Å².